The van der Waals surface area contributed by atoms with Gasteiger partial charge in [0.1, 0.15) is 6.07 Å². The van der Waals surface area contributed by atoms with Crippen molar-refractivity contribution in [3.63, 3.8) is 0 Å². The molecule has 0 saturated heterocycles. The van der Waals surface area contributed by atoms with Crippen LogP contribution in [-0.4, -0.2) is 14.8 Å². The highest BCUT2D eigenvalue weighted by molar-refractivity contribution is 5.93. The zero-order chi connectivity index (χ0) is 14.8. The van der Waals surface area contributed by atoms with Gasteiger partial charge in [-0.2, -0.15) is 10.4 Å². The van der Waals surface area contributed by atoms with Gasteiger partial charge in [-0.3, -0.25) is 9.67 Å². The summed E-state index contributed by atoms with van der Waals surface area (Å²) < 4.78 is 1.79. The fourth-order valence-electron chi connectivity index (χ4n) is 2.42. The third kappa shape index (κ3) is 2.43. The van der Waals surface area contributed by atoms with E-state index in [0.717, 1.165) is 27.8 Å². The smallest absolute Gasteiger partial charge is 0.103 e. The molecule has 1 aromatic carbocycles. The molecule has 0 fully saturated rings. The van der Waals surface area contributed by atoms with Crippen LogP contribution in [0.4, 0.5) is 5.69 Å². The Kier molecular flexibility index (Phi) is 3.28. The molecule has 0 amide bonds. The lowest BCUT2D eigenvalue weighted by molar-refractivity contribution is 0.756. The summed E-state index contributed by atoms with van der Waals surface area (Å²) in [6.07, 6.45) is 3.60. The lowest BCUT2D eigenvalue weighted by atomic mass is 10.1. The number of hydrogen-bond acceptors (Lipinski definition) is 4. The van der Waals surface area contributed by atoms with E-state index in [9.17, 15) is 5.26 Å². The van der Waals surface area contributed by atoms with Crippen molar-refractivity contribution in [1.82, 2.24) is 14.8 Å². The Balaban J connectivity index is 1.99. The highest BCUT2D eigenvalue weighted by Crippen LogP contribution is 2.26. The van der Waals surface area contributed by atoms with Crippen LogP contribution in [0.2, 0.25) is 0 Å². The normalized spacial score (nSPS) is 10.5. The van der Waals surface area contributed by atoms with E-state index in [4.69, 9.17) is 0 Å². The number of nitrogens with zero attached hydrogens (tertiary/aromatic N) is 4. The third-order valence-electron chi connectivity index (χ3n) is 3.47. The van der Waals surface area contributed by atoms with Gasteiger partial charge in [0, 0.05) is 36.9 Å². The minimum atomic E-state index is 0.551. The Bertz CT molecular complexity index is 841. The molecule has 2 aromatic heterocycles. The molecule has 0 saturated carbocycles. The zero-order valence-corrected chi connectivity index (χ0v) is 12.0. The summed E-state index contributed by atoms with van der Waals surface area (Å²) >= 11 is 0. The molecule has 0 aliphatic carbocycles. The SMILES string of the molecule is Cc1nn(C)cc1CNc1c(C#N)cnc2ccccc12. The molecular formula is C16H15N5. The topological polar surface area (TPSA) is 66.5 Å². The van der Waals surface area contributed by atoms with Crippen molar-refractivity contribution < 1.29 is 0 Å². The summed E-state index contributed by atoms with van der Waals surface area (Å²) in [7, 11) is 1.90. The van der Waals surface area contributed by atoms with Crippen molar-refractivity contribution in [3.8, 4) is 6.07 Å². The number of aromatic nitrogens is 3. The molecule has 0 atom stereocenters. The second-order valence-corrected chi connectivity index (χ2v) is 4.94. The van der Waals surface area contributed by atoms with Crippen LogP contribution in [0.15, 0.2) is 36.7 Å². The molecule has 0 spiro atoms. The van der Waals surface area contributed by atoms with Gasteiger partial charge in [0.05, 0.1) is 22.5 Å². The highest BCUT2D eigenvalue weighted by atomic mass is 15.2. The van der Waals surface area contributed by atoms with Crippen LogP contribution in [0.3, 0.4) is 0 Å². The Morgan fingerprint density at radius 2 is 2.14 bits per heavy atom. The predicted molar refractivity (Wildman–Crippen MR) is 81.7 cm³/mol. The van der Waals surface area contributed by atoms with Crippen LogP contribution in [-0.2, 0) is 13.6 Å². The van der Waals surface area contributed by atoms with E-state index >= 15 is 0 Å². The molecule has 3 rings (SSSR count). The van der Waals surface area contributed by atoms with E-state index in [-0.39, 0.29) is 0 Å². The first-order valence-electron chi connectivity index (χ1n) is 6.70. The molecule has 0 aliphatic heterocycles. The Labute approximate surface area is 122 Å². The van der Waals surface area contributed by atoms with Crippen LogP contribution >= 0.6 is 0 Å². The number of nitrogens with one attached hydrogen (secondary N) is 1. The van der Waals surface area contributed by atoms with Gasteiger partial charge in [-0.25, -0.2) is 0 Å². The van der Waals surface area contributed by atoms with E-state index in [1.165, 1.54) is 0 Å². The fraction of sp³-hybridized carbons (Fsp3) is 0.188. The van der Waals surface area contributed by atoms with E-state index in [1.54, 1.807) is 10.9 Å². The van der Waals surface area contributed by atoms with Gasteiger partial charge in [-0.15, -0.1) is 0 Å². The van der Waals surface area contributed by atoms with Crippen LogP contribution in [0.25, 0.3) is 10.9 Å². The first kappa shape index (κ1) is 13.1. The van der Waals surface area contributed by atoms with Crippen molar-refractivity contribution in [1.29, 1.82) is 5.26 Å². The van der Waals surface area contributed by atoms with Gasteiger partial charge in [-0.05, 0) is 13.0 Å². The lowest BCUT2D eigenvalue weighted by Crippen LogP contribution is -2.03. The molecule has 104 valence electrons. The summed E-state index contributed by atoms with van der Waals surface area (Å²) in [4.78, 5) is 4.31. The minimum Gasteiger partial charge on any atom is -0.379 e. The number of anilines is 1. The standard InChI is InChI=1S/C16H15N5/c1-11-13(10-21(2)20-11)9-19-16-12(7-17)8-18-15-6-4-3-5-14(15)16/h3-6,8,10H,9H2,1-2H3,(H,18,19). The summed E-state index contributed by atoms with van der Waals surface area (Å²) in [6.45, 7) is 2.61. The molecule has 3 aromatic rings. The molecule has 0 unspecified atom stereocenters. The third-order valence-corrected chi connectivity index (χ3v) is 3.47. The van der Waals surface area contributed by atoms with Gasteiger partial charge in [0.15, 0.2) is 0 Å². The average molecular weight is 277 g/mol. The van der Waals surface area contributed by atoms with Gasteiger partial charge < -0.3 is 5.32 Å². The highest BCUT2D eigenvalue weighted by Gasteiger charge is 2.09. The van der Waals surface area contributed by atoms with Crippen molar-refractivity contribution in [2.75, 3.05) is 5.32 Å². The molecule has 0 aliphatic rings. The minimum absolute atomic E-state index is 0.551. The van der Waals surface area contributed by atoms with Crippen molar-refractivity contribution in [3.05, 3.63) is 53.5 Å². The molecule has 21 heavy (non-hydrogen) atoms. The Hall–Kier alpha value is -2.87. The van der Waals surface area contributed by atoms with Crippen LogP contribution in [0.1, 0.15) is 16.8 Å². The van der Waals surface area contributed by atoms with Crippen LogP contribution in [0, 0.1) is 18.3 Å². The summed E-state index contributed by atoms with van der Waals surface area (Å²) in [6, 6.07) is 10.0. The maximum atomic E-state index is 9.29. The molecule has 0 bridgehead atoms. The quantitative estimate of drug-likeness (QED) is 0.799. The molecule has 1 N–H and O–H groups in total. The first-order valence-corrected chi connectivity index (χ1v) is 6.70. The van der Waals surface area contributed by atoms with E-state index in [2.05, 4.69) is 21.5 Å². The largest absolute Gasteiger partial charge is 0.379 e. The van der Waals surface area contributed by atoms with Gasteiger partial charge in [0.2, 0.25) is 0 Å². The van der Waals surface area contributed by atoms with E-state index < -0.39 is 0 Å². The monoisotopic (exact) mass is 277 g/mol. The lowest BCUT2D eigenvalue weighted by Gasteiger charge is -2.10. The fourth-order valence-corrected chi connectivity index (χ4v) is 2.42. The van der Waals surface area contributed by atoms with E-state index in [1.807, 2.05) is 44.4 Å². The maximum absolute atomic E-state index is 9.29. The van der Waals surface area contributed by atoms with Crippen LogP contribution < -0.4 is 5.32 Å². The number of rotatable bonds is 3. The van der Waals surface area contributed by atoms with Gasteiger partial charge >= 0.3 is 0 Å². The van der Waals surface area contributed by atoms with E-state index in [0.29, 0.717) is 12.1 Å². The van der Waals surface area contributed by atoms with Crippen molar-refractivity contribution in [2.24, 2.45) is 7.05 Å². The number of benzene rings is 1. The predicted octanol–water partition coefficient (Wildman–Crippen LogP) is 2.76. The Morgan fingerprint density at radius 3 is 2.86 bits per heavy atom. The summed E-state index contributed by atoms with van der Waals surface area (Å²) in [5.41, 5.74) is 4.35. The molecule has 5 heteroatoms. The summed E-state index contributed by atoms with van der Waals surface area (Å²) in [5, 5.41) is 17.9. The number of para-hydroxylation sites is 1. The second kappa shape index (κ2) is 5.25. The zero-order valence-electron chi connectivity index (χ0n) is 12.0. The van der Waals surface area contributed by atoms with Gasteiger partial charge in [-0.1, -0.05) is 18.2 Å². The number of hydrogen-bond donors (Lipinski definition) is 1. The molecule has 0 radical (unpaired) electrons. The molecule has 5 nitrogen and oxygen atoms in total. The van der Waals surface area contributed by atoms with Crippen molar-refractivity contribution >= 4 is 16.6 Å². The number of fused-ring (bicyclic) bond motifs is 1. The van der Waals surface area contributed by atoms with Gasteiger partial charge in [0.25, 0.3) is 0 Å². The summed E-state index contributed by atoms with van der Waals surface area (Å²) in [5.74, 6) is 0. The average Bonchev–Trinajstić information content (AvgIpc) is 2.82. The second-order valence-electron chi connectivity index (χ2n) is 4.94. The number of aryl methyl sites for hydroxylation is 2. The van der Waals surface area contributed by atoms with Crippen LogP contribution in [0.5, 0.6) is 0 Å². The molecular weight excluding hydrogens is 262 g/mol. The number of pyridine rings is 1. The number of nitriles is 1. The maximum Gasteiger partial charge on any atom is 0.103 e. The van der Waals surface area contributed by atoms with Crippen molar-refractivity contribution in [2.45, 2.75) is 13.5 Å². The molecule has 2 heterocycles. The Morgan fingerprint density at radius 1 is 1.33 bits per heavy atom. The first-order chi connectivity index (χ1) is 10.2.